The molecule has 0 aromatic heterocycles. The second-order valence-electron chi connectivity index (χ2n) is 5.45. The average Bonchev–Trinajstić information content (AvgIpc) is 2.58. The smallest absolute Gasteiger partial charge is 0.252 e. The lowest BCUT2D eigenvalue weighted by Crippen LogP contribution is -2.28. The number of hydrogen-bond acceptors (Lipinski definition) is 4. The molecule has 0 aliphatic carbocycles. The van der Waals surface area contributed by atoms with Crippen LogP contribution in [0.15, 0.2) is 53.4 Å². The van der Waals surface area contributed by atoms with Crippen molar-refractivity contribution in [1.82, 2.24) is 5.32 Å². The van der Waals surface area contributed by atoms with Crippen molar-refractivity contribution in [3.63, 3.8) is 0 Å². The highest BCUT2D eigenvalue weighted by Crippen LogP contribution is 2.26. The van der Waals surface area contributed by atoms with Gasteiger partial charge in [-0.1, -0.05) is 32.0 Å². The number of carbonyl (C=O) groups is 1. The van der Waals surface area contributed by atoms with Gasteiger partial charge in [-0.05, 0) is 24.3 Å². The van der Waals surface area contributed by atoms with E-state index in [1.54, 1.807) is 18.9 Å². The first kappa shape index (κ1) is 18.2. The van der Waals surface area contributed by atoms with Crippen LogP contribution in [0.3, 0.4) is 0 Å². The Bertz CT molecular complexity index is 673. The van der Waals surface area contributed by atoms with Crippen molar-refractivity contribution >= 4 is 17.7 Å². The summed E-state index contributed by atoms with van der Waals surface area (Å²) in [5.74, 6) is 1.39. The van der Waals surface area contributed by atoms with E-state index in [2.05, 4.69) is 19.2 Å². The van der Waals surface area contributed by atoms with Gasteiger partial charge < -0.3 is 14.8 Å². The molecular formula is C19H23NO3S. The number of benzene rings is 2. The minimum atomic E-state index is -0.0759. The molecule has 24 heavy (non-hydrogen) atoms. The maximum atomic E-state index is 12.4. The first-order chi connectivity index (χ1) is 11.6. The van der Waals surface area contributed by atoms with Crippen molar-refractivity contribution in [3.05, 3.63) is 54.1 Å². The molecule has 0 saturated heterocycles. The largest absolute Gasteiger partial charge is 0.497 e. The number of nitrogens with one attached hydrogen (secondary N) is 1. The lowest BCUT2D eigenvalue weighted by atomic mass is 10.2. The summed E-state index contributed by atoms with van der Waals surface area (Å²) in [5, 5.41) is 3.33. The molecule has 0 aliphatic rings. The van der Waals surface area contributed by atoms with Gasteiger partial charge in [-0.3, -0.25) is 4.79 Å². The molecule has 128 valence electrons. The lowest BCUT2D eigenvalue weighted by molar-refractivity contribution is 0.0944. The monoisotopic (exact) mass is 345 g/mol. The van der Waals surface area contributed by atoms with Crippen LogP contribution in [0.5, 0.6) is 11.5 Å². The summed E-state index contributed by atoms with van der Waals surface area (Å²) in [6, 6.07) is 15.1. The van der Waals surface area contributed by atoms with Gasteiger partial charge in [0.1, 0.15) is 18.1 Å². The third-order valence-electron chi connectivity index (χ3n) is 3.19. The van der Waals surface area contributed by atoms with Crippen LogP contribution < -0.4 is 14.8 Å². The van der Waals surface area contributed by atoms with Gasteiger partial charge in [-0.2, -0.15) is 0 Å². The molecule has 0 heterocycles. The van der Waals surface area contributed by atoms with Crippen LogP contribution in [0.25, 0.3) is 0 Å². The molecule has 4 nitrogen and oxygen atoms in total. The molecule has 2 aromatic carbocycles. The molecule has 2 rings (SSSR count). The Balaban J connectivity index is 1.85. The van der Waals surface area contributed by atoms with Gasteiger partial charge >= 0.3 is 0 Å². The molecule has 1 N–H and O–H groups in total. The first-order valence-corrected chi connectivity index (χ1v) is 8.79. The molecular weight excluding hydrogens is 322 g/mol. The van der Waals surface area contributed by atoms with Crippen LogP contribution in [0.2, 0.25) is 0 Å². The van der Waals surface area contributed by atoms with Crippen LogP contribution in [-0.2, 0) is 0 Å². The molecule has 0 atom stereocenters. The molecule has 0 saturated carbocycles. The van der Waals surface area contributed by atoms with Gasteiger partial charge in [0, 0.05) is 16.2 Å². The van der Waals surface area contributed by atoms with Crippen LogP contribution in [0.1, 0.15) is 24.2 Å². The molecule has 5 heteroatoms. The second-order valence-corrected chi connectivity index (χ2v) is 7.06. The predicted molar refractivity (Wildman–Crippen MR) is 98.3 cm³/mol. The molecule has 2 aromatic rings. The summed E-state index contributed by atoms with van der Waals surface area (Å²) in [4.78, 5) is 13.4. The molecule has 0 radical (unpaired) electrons. The van der Waals surface area contributed by atoms with Gasteiger partial charge in [0.25, 0.3) is 5.91 Å². The summed E-state index contributed by atoms with van der Waals surface area (Å²) >= 11 is 1.69. The number of rotatable bonds is 8. The van der Waals surface area contributed by atoms with Gasteiger partial charge in [0.2, 0.25) is 0 Å². The summed E-state index contributed by atoms with van der Waals surface area (Å²) < 4.78 is 10.8. The Morgan fingerprint density at radius 1 is 1.12 bits per heavy atom. The zero-order valence-electron chi connectivity index (χ0n) is 14.2. The first-order valence-electron chi connectivity index (χ1n) is 7.91. The highest BCUT2D eigenvalue weighted by molar-refractivity contribution is 8.00. The SMILES string of the molecule is COc1cccc(OCCNC(=O)c2ccccc2SC(C)C)c1. The van der Waals surface area contributed by atoms with Crippen molar-refractivity contribution < 1.29 is 14.3 Å². The Hall–Kier alpha value is -2.14. The molecule has 1 amide bonds. The summed E-state index contributed by atoms with van der Waals surface area (Å²) in [6.45, 7) is 5.07. The van der Waals surface area contributed by atoms with Crippen LogP contribution in [0.4, 0.5) is 0 Å². The fraction of sp³-hybridized carbons (Fsp3) is 0.316. The highest BCUT2D eigenvalue weighted by atomic mass is 32.2. The van der Waals surface area contributed by atoms with E-state index in [-0.39, 0.29) is 5.91 Å². The van der Waals surface area contributed by atoms with Crippen LogP contribution in [-0.4, -0.2) is 31.4 Å². The summed E-state index contributed by atoms with van der Waals surface area (Å²) in [7, 11) is 1.62. The molecule has 0 bridgehead atoms. The normalized spacial score (nSPS) is 10.5. The zero-order valence-corrected chi connectivity index (χ0v) is 15.1. The molecule has 0 aliphatic heterocycles. The van der Waals surface area contributed by atoms with Crippen molar-refractivity contribution in [1.29, 1.82) is 0 Å². The van der Waals surface area contributed by atoms with E-state index in [4.69, 9.17) is 9.47 Å². The van der Waals surface area contributed by atoms with Crippen LogP contribution in [0, 0.1) is 0 Å². The number of carbonyl (C=O) groups excluding carboxylic acids is 1. The quantitative estimate of drug-likeness (QED) is 0.580. The number of ether oxygens (including phenoxy) is 2. The number of hydrogen-bond donors (Lipinski definition) is 1. The van der Waals surface area contributed by atoms with Gasteiger partial charge in [-0.15, -0.1) is 11.8 Å². The minimum Gasteiger partial charge on any atom is -0.497 e. The van der Waals surface area contributed by atoms with E-state index < -0.39 is 0 Å². The standard InChI is InChI=1S/C19H23NO3S/c1-14(2)24-18-10-5-4-9-17(18)19(21)20-11-12-23-16-8-6-7-15(13-16)22-3/h4-10,13-14H,11-12H2,1-3H3,(H,20,21). The predicted octanol–water partition coefficient (Wildman–Crippen LogP) is 4.00. The van der Waals surface area contributed by atoms with Crippen molar-refractivity contribution in [3.8, 4) is 11.5 Å². The van der Waals surface area contributed by atoms with E-state index in [0.717, 1.165) is 16.4 Å². The number of methoxy groups -OCH3 is 1. The zero-order chi connectivity index (χ0) is 17.4. The van der Waals surface area contributed by atoms with Crippen molar-refractivity contribution in [2.75, 3.05) is 20.3 Å². The average molecular weight is 345 g/mol. The fourth-order valence-corrected chi connectivity index (χ4v) is 3.08. The number of thioether (sulfide) groups is 1. The summed E-state index contributed by atoms with van der Waals surface area (Å²) in [6.07, 6.45) is 0. The third kappa shape index (κ3) is 5.49. The lowest BCUT2D eigenvalue weighted by Gasteiger charge is -2.12. The van der Waals surface area contributed by atoms with Crippen molar-refractivity contribution in [2.24, 2.45) is 0 Å². The van der Waals surface area contributed by atoms with E-state index >= 15 is 0 Å². The fourth-order valence-electron chi connectivity index (χ4n) is 2.13. The van der Waals surface area contributed by atoms with Gasteiger partial charge in [0.15, 0.2) is 0 Å². The molecule has 0 unspecified atom stereocenters. The van der Waals surface area contributed by atoms with E-state index in [1.807, 2.05) is 48.5 Å². The van der Waals surface area contributed by atoms with E-state index in [1.165, 1.54) is 0 Å². The topological polar surface area (TPSA) is 47.6 Å². The Morgan fingerprint density at radius 2 is 1.88 bits per heavy atom. The maximum absolute atomic E-state index is 12.4. The van der Waals surface area contributed by atoms with Crippen LogP contribution >= 0.6 is 11.8 Å². The highest BCUT2D eigenvalue weighted by Gasteiger charge is 2.11. The molecule has 0 spiro atoms. The Morgan fingerprint density at radius 3 is 2.62 bits per heavy atom. The number of amides is 1. The van der Waals surface area contributed by atoms with E-state index in [9.17, 15) is 4.79 Å². The minimum absolute atomic E-state index is 0.0759. The molecule has 0 fully saturated rings. The van der Waals surface area contributed by atoms with Gasteiger partial charge in [-0.25, -0.2) is 0 Å². The van der Waals surface area contributed by atoms with E-state index in [0.29, 0.717) is 24.0 Å². The Labute approximate surface area is 147 Å². The van der Waals surface area contributed by atoms with Crippen molar-refractivity contribution in [2.45, 2.75) is 24.0 Å². The maximum Gasteiger partial charge on any atom is 0.252 e. The van der Waals surface area contributed by atoms with Gasteiger partial charge in [0.05, 0.1) is 19.2 Å². The Kier molecular flexibility index (Phi) is 7.00. The second kappa shape index (κ2) is 9.23. The third-order valence-corrected chi connectivity index (χ3v) is 4.27. The summed E-state index contributed by atoms with van der Waals surface area (Å²) in [5.41, 5.74) is 0.706.